The van der Waals surface area contributed by atoms with Crippen LogP contribution < -0.4 is 0 Å². The van der Waals surface area contributed by atoms with Crippen molar-refractivity contribution in [3.8, 4) is 5.75 Å². The number of aryl methyl sites for hydroxylation is 1. The normalized spacial score (nSPS) is 13.0. The summed E-state index contributed by atoms with van der Waals surface area (Å²) in [6, 6.07) is 5.79. The quantitative estimate of drug-likeness (QED) is 0.608. The minimum absolute atomic E-state index is 0.369. The molecule has 0 amide bonds. The topological polar surface area (TPSA) is 20.2 Å². The zero-order chi connectivity index (χ0) is 8.43. The molecule has 1 atom stereocenters. The van der Waals surface area contributed by atoms with Gasteiger partial charge < -0.3 is 5.11 Å². The van der Waals surface area contributed by atoms with E-state index < -0.39 is 0 Å². The van der Waals surface area contributed by atoms with Gasteiger partial charge in [0.1, 0.15) is 5.75 Å². The van der Waals surface area contributed by atoms with E-state index in [4.69, 9.17) is 0 Å². The Hall–Kier alpha value is -0.250. The maximum atomic E-state index is 9.46. The van der Waals surface area contributed by atoms with Crippen LogP contribution in [0.1, 0.15) is 22.0 Å². The van der Waals surface area contributed by atoms with E-state index in [0.717, 1.165) is 11.1 Å². The number of alkyl halides is 1. The van der Waals surface area contributed by atoms with Crippen molar-refractivity contribution in [2.24, 2.45) is 0 Å². The molecule has 0 aromatic heterocycles. The van der Waals surface area contributed by atoms with E-state index in [9.17, 15) is 5.11 Å². The summed E-state index contributed by atoms with van der Waals surface area (Å²) in [7, 11) is 0. The summed E-state index contributed by atoms with van der Waals surface area (Å²) >= 11 is 2.29. The summed E-state index contributed by atoms with van der Waals surface area (Å²) in [5, 5.41) is 9.46. The predicted molar refractivity (Wildman–Crippen MR) is 55.3 cm³/mol. The number of rotatable bonds is 1. The Morgan fingerprint density at radius 1 is 1.45 bits per heavy atom. The van der Waals surface area contributed by atoms with Crippen LogP contribution in [0.25, 0.3) is 0 Å². The zero-order valence-corrected chi connectivity index (χ0v) is 8.79. The van der Waals surface area contributed by atoms with Gasteiger partial charge in [0.2, 0.25) is 0 Å². The van der Waals surface area contributed by atoms with Gasteiger partial charge in [0, 0.05) is 9.49 Å². The number of hydrogen-bond donors (Lipinski definition) is 1. The fraction of sp³-hybridized carbons (Fsp3) is 0.333. The summed E-state index contributed by atoms with van der Waals surface area (Å²) < 4.78 is 0.369. The van der Waals surface area contributed by atoms with Gasteiger partial charge >= 0.3 is 0 Å². The average molecular weight is 262 g/mol. The number of phenolic OH excluding ortho intramolecular Hbond substituents is 1. The molecule has 1 N–H and O–H groups in total. The number of phenols is 1. The van der Waals surface area contributed by atoms with Gasteiger partial charge in [-0.1, -0.05) is 34.7 Å². The first-order valence-corrected chi connectivity index (χ1v) is 4.79. The molecule has 0 heterocycles. The van der Waals surface area contributed by atoms with Crippen molar-refractivity contribution in [3.63, 3.8) is 0 Å². The fourth-order valence-electron chi connectivity index (χ4n) is 0.990. The van der Waals surface area contributed by atoms with E-state index in [0.29, 0.717) is 9.67 Å². The summed E-state index contributed by atoms with van der Waals surface area (Å²) in [6.07, 6.45) is 0. The van der Waals surface area contributed by atoms with Crippen LogP contribution in [-0.2, 0) is 0 Å². The van der Waals surface area contributed by atoms with Gasteiger partial charge in [0.25, 0.3) is 0 Å². The number of aromatic hydroxyl groups is 1. The second-order valence-electron chi connectivity index (χ2n) is 2.68. The smallest absolute Gasteiger partial charge is 0.120 e. The fourth-order valence-corrected chi connectivity index (χ4v) is 1.52. The third-order valence-corrected chi connectivity index (χ3v) is 2.29. The molecule has 1 aromatic rings. The van der Waals surface area contributed by atoms with Crippen LogP contribution in [0.2, 0.25) is 0 Å². The highest BCUT2D eigenvalue weighted by Gasteiger charge is 2.05. The maximum absolute atomic E-state index is 9.46. The first kappa shape index (κ1) is 8.84. The van der Waals surface area contributed by atoms with Crippen LogP contribution in [0.15, 0.2) is 18.2 Å². The summed E-state index contributed by atoms with van der Waals surface area (Å²) in [5.41, 5.74) is 2.11. The van der Waals surface area contributed by atoms with E-state index >= 15 is 0 Å². The minimum atomic E-state index is 0.369. The molecule has 1 rings (SSSR count). The van der Waals surface area contributed by atoms with Crippen molar-refractivity contribution in [2.75, 3.05) is 0 Å². The second-order valence-corrected chi connectivity index (χ2v) is 4.55. The molecule has 0 saturated heterocycles. The molecule has 0 fully saturated rings. The van der Waals surface area contributed by atoms with Crippen LogP contribution >= 0.6 is 22.6 Å². The Morgan fingerprint density at radius 3 is 2.55 bits per heavy atom. The standard InChI is InChI=1S/C9H11IO/c1-6-3-4-8(7(2)10)9(11)5-6/h3-5,7,11H,1-2H3. The van der Waals surface area contributed by atoms with Crippen molar-refractivity contribution in [1.29, 1.82) is 0 Å². The molecular formula is C9H11IO. The largest absolute Gasteiger partial charge is 0.508 e. The molecule has 0 aliphatic carbocycles. The van der Waals surface area contributed by atoms with E-state index in [-0.39, 0.29) is 0 Å². The second kappa shape index (κ2) is 3.43. The van der Waals surface area contributed by atoms with E-state index in [1.54, 1.807) is 6.07 Å². The number of benzene rings is 1. The Bertz CT molecular complexity index is 256. The molecule has 0 bridgehead atoms. The first-order valence-electron chi connectivity index (χ1n) is 3.55. The highest BCUT2D eigenvalue weighted by atomic mass is 127. The predicted octanol–water partition coefficient (Wildman–Crippen LogP) is 3.20. The summed E-state index contributed by atoms with van der Waals surface area (Å²) in [6.45, 7) is 4.03. The molecule has 0 aliphatic rings. The van der Waals surface area contributed by atoms with Gasteiger partial charge in [-0.3, -0.25) is 0 Å². The highest BCUT2D eigenvalue weighted by molar-refractivity contribution is 14.1. The Kier molecular flexibility index (Phi) is 2.76. The third-order valence-electron chi connectivity index (χ3n) is 1.61. The van der Waals surface area contributed by atoms with Gasteiger partial charge in [0.15, 0.2) is 0 Å². The number of hydrogen-bond acceptors (Lipinski definition) is 1. The molecule has 0 radical (unpaired) electrons. The van der Waals surface area contributed by atoms with Gasteiger partial charge in [-0.15, -0.1) is 0 Å². The molecule has 1 aromatic carbocycles. The molecule has 0 aliphatic heterocycles. The van der Waals surface area contributed by atoms with Crippen LogP contribution in [0, 0.1) is 6.92 Å². The van der Waals surface area contributed by atoms with Crippen molar-refractivity contribution in [1.82, 2.24) is 0 Å². The lowest BCUT2D eigenvalue weighted by Gasteiger charge is -2.06. The lowest BCUT2D eigenvalue weighted by molar-refractivity contribution is 0.468. The number of halogens is 1. The summed E-state index contributed by atoms with van der Waals surface area (Å²) in [5.74, 6) is 0.409. The lowest BCUT2D eigenvalue weighted by atomic mass is 10.1. The Balaban J connectivity index is 3.09. The van der Waals surface area contributed by atoms with Crippen LogP contribution in [0.3, 0.4) is 0 Å². The minimum Gasteiger partial charge on any atom is -0.508 e. The van der Waals surface area contributed by atoms with Crippen molar-refractivity contribution in [3.05, 3.63) is 29.3 Å². The Labute approximate surface area is 80.6 Å². The SMILES string of the molecule is Cc1ccc(C(C)I)c(O)c1. The molecule has 1 nitrogen and oxygen atoms in total. The van der Waals surface area contributed by atoms with Crippen LogP contribution in [0.4, 0.5) is 0 Å². The molecule has 60 valence electrons. The van der Waals surface area contributed by atoms with Crippen LogP contribution in [-0.4, -0.2) is 5.11 Å². The van der Waals surface area contributed by atoms with Crippen LogP contribution in [0.5, 0.6) is 5.75 Å². The van der Waals surface area contributed by atoms with Gasteiger partial charge in [0.05, 0.1) is 0 Å². The zero-order valence-electron chi connectivity index (χ0n) is 6.63. The third kappa shape index (κ3) is 2.09. The van der Waals surface area contributed by atoms with Crippen molar-refractivity contribution < 1.29 is 5.11 Å². The summed E-state index contributed by atoms with van der Waals surface area (Å²) in [4.78, 5) is 0. The van der Waals surface area contributed by atoms with Gasteiger partial charge in [-0.25, -0.2) is 0 Å². The maximum Gasteiger partial charge on any atom is 0.120 e. The highest BCUT2D eigenvalue weighted by Crippen LogP contribution is 2.30. The first-order chi connectivity index (χ1) is 5.11. The van der Waals surface area contributed by atoms with Crippen molar-refractivity contribution >= 4 is 22.6 Å². The molecule has 11 heavy (non-hydrogen) atoms. The van der Waals surface area contributed by atoms with Gasteiger partial charge in [-0.2, -0.15) is 0 Å². The molecule has 2 heteroatoms. The lowest BCUT2D eigenvalue weighted by Crippen LogP contribution is -1.84. The van der Waals surface area contributed by atoms with E-state index in [1.165, 1.54) is 0 Å². The molecule has 0 saturated carbocycles. The molecular weight excluding hydrogens is 251 g/mol. The van der Waals surface area contributed by atoms with Gasteiger partial charge in [-0.05, 0) is 25.5 Å². The monoisotopic (exact) mass is 262 g/mol. The van der Waals surface area contributed by atoms with E-state index in [2.05, 4.69) is 29.5 Å². The molecule has 0 spiro atoms. The Morgan fingerprint density at radius 2 is 2.09 bits per heavy atom. The average Bonchev–Trinajstić information content (AvgIpc) is 1.85. The van der Waals surface area contributed by atoms with Crippen molar-refractivity contribution in [2.45, 2.75) is 17.8 Å². The van der Waals surface area contributed by atoms with E-state index in [1.807, 2.05) is 19.1 Å². The molecule has 1 unspecified atom stereocenters.